The fraction of sp³-hybridized carbons (Fsp3) is 0.100. The Hall–Kier alpha value is -3.34. The minimum atomic E-state index is 0.131. The second-order valence-corrected chi connectivity index (χ2v) is 5.99. The first kappa shape index (κ1) is 15.2. The maximum atomic E-state index is 9.45. The number of aromatic hydroxyl groups is 1. The summed E-state index contributed by atoms with van der Waals surface area (Å²) in [7, 11) is 0. The van der Waals surface area contributed by atoms with Crippen molar-refractivity contribution in [3.8, 4) is 17.0 Å². The monoisotopic (exact) mass is 330 g/mol. The van der Waals surface area contributed by atoms with Crippen molar-refractivity contribution < 1.29 is 5.11 Å². The summed E-state index contributed by atoms with van der Waals surface area (Å²) < 4.78 is 0. The number of phenolic OH excluding ortho intramolecular Hbond substituents is 1. The van der Waals surface area contributed by atoms with Crippen LogP contribution in [0.15, 0.2) is 67.0 Å². The summed E-state index contributed by atoms with van der Waals surface area (Å²) in [6.45, 7) is 2.11. The number of rotatable bonds is 4. The summed E-state index contributed by atoms with van der Waals surface area (Å²) in [4.78, 5) is 12.1. The van der Waals surface area contributed by atoms with Crippen LogP contribution in [0.2, 0.25) is 0 Å². The number of aromatic amines is 1. The van der Waals surface area contributed by atoms with Crippen molar-refractivity contribution in [1.29, 1.82) is 0 Å². The molecule has 4 aromatic rings. The molecular weight excluding hydrogens is 312 g/mol. The third-order valence-corrected chi connectivity index (χ3v) is 4.26. The Morgan fingerprint density at radius 2 is 1.76 bits per heavy atom. The Labute approximate surface area is 145 Å². The van der Waals surface area contributed by atoms with Crippen molar-refractivity contribution in [2.45, 2.75) is 13.0 Å². The largest absolute Gasteiger partial charge is 0.508 e. The number of benzene rings is 2. The highest BCUT2D eigenvalue weighted by atomic mass is 16.3. The molecule has 0 aliphatic heterocycles. The van der Waals surface area contributed by atoms with Crippen LogP contribution in [0.25, 0.3) is 22.3 Å². The standard InChI is InChI=1S/C20H18N4O/c1-13(14-5-3-2-4-6-14)23-19-17-11-18(24-20(17)22-12-21-19)15-7-9-16(25)10-8-15/h2-13,25H,1H3,(H2,21,22,23,24). The van der Waals surface area contributed by atoms with E-state index in [2.05, 4.69) is 39.3 Å². The van der Waals surface area contributed by atoms with Crippen molar-refractivity contribution in [2.24, 2.45) is 0 Å². The molecule has 0 aliphatic carbocycles. The van der Waals surface area contributed by atoms with Gasteiger partial charge in [-0.1, -0.05) is 30.3 Å². The lowest BCUT2D eigenvalue weighted by Gasteiger charge is -2.15. The van der Waals surface area contributed by atoms with Gasteiger partial charge in [-0.05, 0) is 48.4 Å². The molecule has 1 unspecified atom stereocenters. The number of phenols is 1. The van der Waals surface area contributed by atoms with Gasteiger partial charge >= 0.3 is 0 Å². The van der Waals surface area contributed by atoms with Gasteiger partial charge in [0.1, 0.15) is 23.5 Å². The smallest absolute Gasteiger partial charge is 0.143 e. The summed E-state index contributed by atoms with van der Waals surface area (Å²) in [5, 5.41) is 13.9. The fourth-order valence-electron chi connectivity index (χ4n) is 2.88. The SMILES string of the molecule is CC(Nc1ncnc2[nH]c(-c3ccc(O)cc3)cc12)c1ccccc1. The minimum Gasteiger partial charge on any atom is -0.508 e. The van der Waals surface area contributed by atoms with Crippen molar-refractivity contribution in [3.63, 3.8) is 0 Å². The molecule has 2 aromatic heterocycles. The van der Waals surface area contributed by atoms with Gasteiger partial charge in [0.05, 0.1) is 5.39 Å². The predicted molar refractivity (Wildman–Crippen MR) is 99.5 cm³/mol. The van der Waals surface area contributed by atoms with Crippen LogP contribution in [0.5, 0.6) is 5.75 Å². The number of aromatic nitrogens is 3. The number of hydrogen-bond acceptors (Lipinski definition) is 4. The Balaban J connectivity index is 1.69. The summed E-state index contributed by atoms with van der Waals surface area (Å²) in [6.07, 6.45) is 1.56. The summed E-state index contributed by atoms with van der Waals surface area (Å²) in [6, 6.07) is 19.5. The van der Waals surface area contributed by atoms with Gasteiger partial charge < -0.3 is 15.4 Å². The quantitative estimate of drug-likeness (QED) is 0.515. The first-order valence-corrected chi connectivity index (χ1v) is 8.15. The van der Waals surface area contributed by atoms with Crippen molar-refractivity contribution >= 4 is 16.9 Å². The highest BCUT2D eigenvalue weighted by Gasteiger charge is 2.12. The number of nitrogens with one attached hydrogen (secondary N) is 2. The minimum absolute atomic E-state index is 0.131. The van der Waals surface area contributed by atoms with Crippen LogP contribution in [0, 0.1) is 0 Å². The average molecular weight is 330 g/mol. The molecule has 3 N–H and O–H groups in total. The lowest BCUT2D eigenvalue weighted by atomic mass is 10.1. The molecule has 0 aliphatic rings. The van der Waals surface area contributed by atoms with E-state index < -0.39 is 0 Å². The second-order valence-electron chi connectivity index (χ2n) is 5.99. The number of hydrogen-bond donors (Lipinski definition) is 3. The molecule has 2 heterocycles. The lowest BCUT2D eigenvalue weighted by molar-refractivity contribution is 0.475. The van der Waals surface area contributed by atoms with E-state index in [0.717, 1.165) is 28.1 Å². The van der Waals surface area contributed by atoms with E-state index in [1.165, 1.54) is 5.56 Å². The molecule has 5 nitrogen and oxygen atoms in total. The number of H-pyrrole nitrogens is 1. The molecule has 0 fully saturated rings. The van der Waals surface area contributed by atoms with Crippen molar-refractivity contribution in [2.75, 3.05) is 5.32 Å². The normalized spacial score (nSPS) is 12.2. The summed E-state index contributed by atoms with van der Waals surface area (Å²) >= 11 is 0. The molecule has 1 atom stereocenters. The molecule has 0 radical (unpaired) electrons. The van der Waals surface area contributed by atoms with Gasteiger partial charge in [-0.15, -0.1) is 0 Å². The van der Waals surface area contributed by atoms with Crippen LogP contribution in [0.4, 0.5) is 5.82 Å². The molecular formula is C20H18N4O. The molecule has 2 aromatic carbocycles. The number of nitrogens with zero attached hydrogens (tertiary/aromatic N) is 2. The van der Waals surface area contributed by atoms with Gasteiger partial charge in [0.2, 0.25) is 0 Å². The van der Waals surface area contributed by atoms with Crippen molar-refractivity contribution in [3.05, 3.63) is 72.6 Å². The van der Waals surface area contributed by atoms with E-state index >= 15 is 0 Å². The zero-order valence-electron chi connectivity index (χ0n) is 13.8. The lowest BCUT2D eigenvalue weighted by Crippen LogP contribution is -2.08. The van der Waals surface area contributed by atoms with E-state index in [0.29, 0.717) is 0 Å². The maximum Gasteiger partial charge on any atom is 0.143 e. The van der Waals surface area contributed by atoms with Crippen LogP contribution in [0.1, 0.15) is 18.5 Å². The molecule has 0 saturated carbocycles. The summed E-state index contributed by atoms with van der Waals surface area (Å²) in [5.74, 6) is 1.04. The molecule has 0 amide bonds. The fourth-order valence-corrected chi connectivity index (χ4v) is 2.88. The van der Waals surface area contributed by atoms with Gasteiger partial charge in [0.25, 0.3) is 0 Å². The number of fused-ring (bicyclic) bond motifs is 1. The highest BCUT2D eigenvalue weighted by Crippen LogP contribution is 2.29. The summed E-state index contributed by atoms with van der Waals surface area (Å²) in [5.41, 5.74) is 3.90. The van der Waals surface area contributed by atoms with Crippen LogP contribution in [-0.4, -0.2) is 20.1 Å². The van der Waals surface area contributed by atoms with Crippen LogP contribution < -0.4 is 5.32 Å². The second kappa shape index (κ2) is 6.28. The average Bonchev–Trinajstić information content (AvgIpc) is 3.08. The van der Waals surface area contributed by atoms with Crippen LogP contribution >= 0.6 is 0 Å². The van der Waals surface area contributed by atoms with E-state index in [-0.39, 0.29) is 11.8 Å². The third-order valence-electron chi connectivity index (χ3n) is 4.26. The Morgan fingerprint density at radius 3 is 2.52 bits per heavy atom. The van der Waals surface area contributed by atoms with Gasteiger partial charge in [-0.25, -0.2) is 9.97 Å². The van der Waals surface area contributed by atoms with Crippen molar-refractivity contribution in [1.82, 2.24) is 15.0 Å². The first-order valence-electron chi connectivity index (χ1n) is 8.15. The molecule has 5 heteroatoms. The molecule has 0 spiro atoms. The van der Waals surface area contributed by atoms with Gasteiger partial charge in [0, 0.05) is 11.7 Å². The van der Waals surface area contributed by atoms with E-state index in [9.17, 15) is 5.11 Å². The molecule has 25 heavy (non-hydrogen) atoms. The Morgan fingerprint density at radius 1 is 1.00 bits per heavy atom. The molecule has 0 saturated heterocycles. The maximum absolute atomic E-state index is 9.45. The van der Waals surface area contributed by atoms with Gasteiger partial charge in [-0.3, -0.25) is 0 Å². The van der Waals surface area contributed by atoms with Crippen LogP contribution in [0.3, 0.4) is 0 Å². The van der Waals surface area contributed by atoms with Crippen LogP contribution in [-0.2, 0) is 0 Å². The van der Waals surface area contributed by atoms with Gasteiger partial charge in [-0.2, -0.15) is 0 Å². The highest BCUT2D eigenvalue weighted by molar-refractivity contribution is 5.91. The van der Waals surface area contributed by atoms with Gasteiger partial charge in [0.15, 0.2) is 0 Å². The molecule has 4 rings (SSSR count). The number of anilines is 1. The zero-order valence-corrected chi connectivity index (χ0v) is 13.8. The topological polar surface area (TPSA) is 73.8 Å². The van der Waals surface area contributed by atoms with E-state index in [1.807, 2.05) is 36.4 Å². The Kier molecular flexibility index (Phi) is 3.82. The molecule has 0 bridgehead atoms. The molecule has 124 valence electrons. The Bertz CT molecular complexity index is 993. The zero-order chi connectivity index (χ0) is 17.2. The van der Waals surface area contributed by atoms with E-state index in [1.54, 1.807) is 18.5 Å². The third kappa shape index (κ3) is 3.04. The van der Waals surface area contributed by atoms with E-state index in [4.69, 9.17) is 0 Å². The first-order chi connectivity index (χ1) is 12.2. The predicted octanol–water partition coefficient (Wildman–Crippen LogP) is 4.50.